The van der Waals surface area contributed by atoms with Crippen molar-refractivity contribution in [3.8, 4) is 11.4 Å². The van der Waals surface area contributed by atoms with E-state index in [1.165, 1.54) is 30.5 Å². The predicted octanol–water partition coefficient (Wildman–Crippen LogP) is 5.63. The lowest BCUT2D eigenvalue weighted by Gasteiger charge is -2.36. The van der Waals surface area contributed by atoms with Crippen LogP contribution in [-0.4, -0.2) is 64.1 Å². The van der Waals surface area contributed by atoms with Crippen molar-refractivity contribution in [1.82, 2.24) is 24.8 Å². The number of H-pyrrole nitrogens is 1. The molecule has 2 aromatic heterocycles. The summed E-state index contributed by atoms with van der Waals surface area (Å²) in [5, 5.41) is 0. The largest absolute Gasteiger partial charge is 0.367 e. The van der Waals surface area contributed by atoms with Crippen LogP contribution in [0.5, 0.6) is 0 Å². The van der Waals surface area contributed by atoms with E-state index < -0.39 is 0 Å². The van der Waals surface area contributed by atoms with Crippen LogP contribution >= 0.6 is 0 Å². The van der Waals surface area contributed by atoms with E-state index in [1.54, 1.807) is 0 Å². The van der Waals surface area contributed by atoms with Crippen LogP contribution in [0.3, 0.4) is 0 Å². The molecule has 0 bridgehead atoms. The maximum atomic E-state index is 4.94. The Balaban J connectivity index is 1.13. The molecule has 0 aliphatic carbocycles. The van der Waals surface area contributed by atoms with Crippen LogP contribution in [0.4, 0.5) is 11.6 Å². The highest BCUT2D eigenvalue weighted by Crippen LogP contribution is 2.30. The monoisotopic (exact) mass is 509 g/mol. The molecule has 2 aliphatic rings. The van der Waals surface area contributed by atoms with Crippen LogP contribution in [0.25, 0.3) is 22.4 Å². The van der Waals surface area contributed by atoms with E-state index in [2.05, 4.69) is 94.0 Å². The Hall–Kier alpha value is -3.45. The lowest BCUT2D eigenvalue weighted by atomic mass is 9.87. The number of hydrogen-bond donors (Lipinski definition) is 1. The molecule has 7 heteroatoms. The zero-order chi connectivity index (χ0) is 26.1. The number of piperazine rings is 1. The van der Waals surface area contributed by atoms with Crippen molar-refractivity contribution in [3.05, 3.63) is 66.0 Å². The average molecular weight is 510 g/mol. The number of piperidine rings is 1. The van der Waals surface area contributed by atoms with Crippen molar-refractivity contribution in [2.24, 2.45) is 0 Å². The molecule has 0 saturated carbocycles. The van der Waals surface area contributed by atoms with Gasteiger partial charge in [-0.15, -0.1) is 0 Å². The van der Waals surface area contributed by atoms with E-state index in [4.69, 9.17) is 9.97 Å². The molecule has 0 amide bonds. The first-order valence-electron chi connectivity index (χ1n) is 14.1. The number of aromatic nitrogens is 4. The first-order chi connectivity index (χ1) is 18.4. The van der Waals surface area contributed by atoms with Crippen molar-refractivity contribution in [2.75, 3.05) is 49.1 Å². The van der Waals surface area contributed by atoms with Gasteiger partial charge in [0.2, 0.25) is 5.95 Å². The van der Waals surface area contributed by atoms with Gasteiger partial charge in [-0.3, -0.25) is 4.90 Å². The molecule has 0 radical (unpaired) electrons. The van der Waals surface area contributed by atoms with E-state index in [1.807, 2.05) is 6.20 Å². The van der Waals surface area contributed by atoms with Crippen molar-refractivity contribution in [2.45, 2.75) is 52.0 Å². The fourth-order valence-electron chi connectivity index (χ4n) is 5.64. The van der Waals surface area contributed by atoms with Crippen LogP contribution in [0.2, 0.25) is 0 Å². The molecule has 0 spiro atoms. The average Bonchev–Trinajstić information content (AvgIpc) is 3.39. The summed E-state index contributed by atoms with van der Waals surface area (Å²) in [6, 6.07) is 17.3. The molecular formula is C31H39N7. The first kappa shape index (κ1) is 24.9. The number of nitrogens with one attached hydrogen (secondary N) is 1. The van der Waals surface area contributed by atoms with Gasteiger partial charge >= 0.3 is 0 Å². The highest BCUT2D eigenvalue weighted by Gasteiger charge is 2.22. The third-order valence-electron chi connectivity index (χ3n) is 7.96. The van der Waals surface area contributed by atoms with Crippen molar-refractivity contribution in [3.63, 3.8) is 0 Å². The minimum atomic E-state index is 0.144. The Morgan fingerprint density at radius 3 is 2.29 bits per heavy atom. The Morgan fingerprint density at radius 2 is 1.55 bits per heavy atom. The van der Waals surface area contributed by atoms with E-state index in [9.17, 15) is 0 Å². The van der Waals surface area contributed by atoms with Gasteiger partial charge in [-0.2, -0.15) is 0 Å². The van der Waals surface area contributed by atoms with Crippen molar-refractivity contribution in [1.29, 1.82) is 0 Å². The molecular weight excluding hydrogens is 470 g/mol. The Kier molecular flexibility index (Phi) is 6.78. The highest BCUT2D eigenvalue weighted by atomic mass is 15.3. The lowest BCUT2D eigenvalue weighted by molar-refractivity contribution is 0.247. The number of aromatic amines is 1. The summed E-state index contributed by atoms with van der Waals surface area (Å²) in [5.74, 6) is 1.83. The maximum absolute atomic E-state index is 4.94. The Morgan fingerprint density at radius 1 is 0.789 bits per heavy atom. The Labute approximate surface area is 225 Å². The highest BCUT2D eigenvalue weighted by molar-refractivity contribution is 5.91. The molecule has 2 saturated heterocycles. The number of nitrogens with zero attached hydrogens (tertiary/aromatic N) is 6. The number of anilines is 2. The van der Waals surface area contributed by atoms with Crippen LogP contribution in [0.1, 0.15) is 51.3 Å². The molecule has 2 aromatic carbocycles. The molecule has 4 heterocycles. The van der Waals surface area contributed by atoms with Gasteiger partial charge in [0.05, 0.1) is 22.4 Å². The zero-order valence-corrected chi connectivity index (χ0v) is 23.0. The fraction of sp³-hybridized carbons (Fsp3) is 0.452. The smallest absolute Gasteiger partial charge is 0.225 e. The molecule has 0 atom stereocenters. The molecule has 0 unspecified atom stereocenters. The van der Waals surface area contributed by atoms with Gasteiger partial charge in [-0.25, -0.2) is 15.0 Å². The van der Waals surface area contributed by atoms with Gasteiger partial charge in [0.25, 0.3) is 0 Å². The first-order valence-corrected chi connectivity index (χ1v) is 14.1. The molecule has 4 aromatic rings. The molecule has 198 valence electrons. The molecule has 2 fully saturated rings. The van der Waals surface area contributed by atoms with Crippen molar-refractivity contribution >= 4 is 22.7 Å². The second-order valence-corrected chi connectivity index (χ2v) is 11.7. The van der Waals surface area contributed by atoms with Crippen LogP contribution in [0.15, 0.2) is 54.7 Å². The fourth-order valence-corrected chi connectivity index (χ4v) is 5.64. The van der Waals surface area contributed by atoms with Gasteiger partial charge < -0.3 is 14.8 Å². The summed E-state index contributed by atoms with van der Waals surface area (Å²) in [6.45, 7) is 13.7. The van der Waals surface area contributed by atoms with Crippen LogP contribution in [0, 0.1) is 0 Å². The van der Waals surface area contributed by atoms with Gasteiger partial charge in [0.1, 0.15) is 5.82 Å². The number of imidazole rings is 1. The van der Waals surface area contributed by atoms with Crippen molar-refractivity contribution < 1.29 is 0 Å². The van der Waals surface area contributed by atoms with Crippen LogP contribution < -0.4 is 9.80 Å². The number of fused-ring (bicyclic) bond motifs is 1. The van der Waals surface area contributed by atoms with Gasteiger partial charge in [-0.05, 0) is 48.4 Å². The predicted molar refractivity (Wildman–Crippen MR) is 156 cm³/mol. The molecule has 2 aliphatic heterocycles. The van der Waals surface area contributed by atoms with Gasteiger partial charge in [0.15, 0.2) is 0 Å². The SMILES string of the molecule is CC(C)(C)c1ccc(-c2nc3cccc(N4CCN(Cc5ccnc(N6CCCCC6)n5)CC4)c3[nH]2)cc1. The summed E-state index contributed by atoms with van der Waals surface area (Å²) in [4.78, 5) is 25.4. The van der Waals surface area contributed by atoms with Gasteiger partial charge in [-0.1, -0.05) is 51.1 Å². The normalized spacial score (nSPS) is 17.3. The van der Waals surface area contributed by atoms with E-state index in [0.29, 0.717) is 0 Å². The summed E-state index contributed by atoms with van der Waals surface area (Å²) in [6.07, 6.45) is 5.72. The Bertz CT molecular complexity index is 1370. The summed E-state index contributed by atoms with van der Waals surface area (Å²) in [5.41, 5.74) is 7.10. The zero-order valence-electron chi connectivity index (χ0n) is 23.0. The number of hydrogen-bond acceptors (Lipinski definition) is 6. The molecule has 1 N–H and O–H groups in total. The number of rotatable bonds is 5. The molecule has 6 rings (SSSR count). The topological polar surface area (TPSA) is 64.2 Å². The second-order valence-electron chi connectivity index (χ2n) is 11.7. The molecule has 38 heavy (non-hydrogen) atoms. The third kappa shape index (κ3) is 5.25. The third-order valence-corrected chi connectivity index (χ3v) is 7.96. The standard InChI is InChI=1S/C31H39N7/c1-31(2,3)24-12-10-23(11-13-24)29-34-26-8-7-9-27(28(26)35-29)37-20-18-36(19-21-37)22-25-14-15-32-30(33-25)38-16-5-4-6-17-38/h7-15H,4-6,16-22H2,1-3H3,(H,34,35). The minimum Gasteiger partial charge on any atom is -0.367 e. The molecule has 7 nitrogen and oxygen atoms in total. The van der Waals surface area contributed by atoms with E-state index in [0.717, 1.165) is 79.9 Å². The van der Waals surface area contributed by atoms with E-state index >= 15 is 0 Å². The van der Waals surface area contributed by atoms with Gasteiger partial charge in [0, 0.05) is 57.6 Å². The quantitative estimate of drug-likeness (QED) is 0.376. The summed E-state index contributed by atoms with van der Waals surface area (Å²) in [7, 11) is 0. The summed E-state index contributed by atoms with van der Waals surface area (Å²) < 4.78 is 0. The second kappa shape index (κ2) is 10.4. The summed E-state index contributed by atoms with van der Waals surface area (Å²) >= 11 is 0. The van der Waals surface area contributed by atoms with Crippen LogP contribution in [-0.2, 0) is 12.0 Å². The minimum absolute atomic E-state index is 0.144. The number of para-hydroxylation sites is 1. The van der Waals surface area contributed by atoms with E-state index in [-0.39, 0.29) is 5.41 Å². The lowest BCUT2D eigenvalue weighted by Crippen LogP contribution is -2.46. The number of benzene rings is 2. The maximum Gasteiger partial charge on any atom is 0.225 e.